The summed E-state index contributed by atoms with van der Waals surface area (Å²) >= 11 is 0. The second-order valence-electron chi connectivity index (χ2n) is 5.20. The lowest BCUT2D eigenvalue weighted by Crippen LogP contribution is -2.42. The Labute approximate surface area is 112 Å². The van der Waals surface area contributed by atoms with E-state index in [9.17, 15) is 9.90 Å². The van der Waals surface area contributed by atoms with Gasteiger partial charge in [-0.25, -0.2) is 0 Å². The van der Waals surface area contributed by atoms with Crippen molar-refractivity contribution in [2.24, 2.45) is 0 Å². The predicted octanol–water partition coefficient (Wildman–Crippen LogP) is 1.20. The smallest absolute Gasteiger partial charge is 0.275 e. The van der Waals surface area contributed by atoms with Gasteiger partial charge in [-0.15, -0.1) is 0 Å². The number of hydrogen-bond donors (Lipinski definition) is 1. The quantitative estimate of drug-likeness (QED) is 0.868. The van der Waals surface area contributed by atoms with E-state index < -0.39 is 5.60 Å². The highest BCUT2D eigenvalue weighted by molar-refractivity contribution is 5.92. The first-order chi connectivity index (χ1) is 9.04. The lowest BCUT2D eigenvalue weighted by atomic mass is 10.0. The number of nitrogens with zero attached hydrogens (tertiary/aromatic N) is 2. The maximum atomic E-state index is 12.1. The Kier molecular flexibility index (Phi) is 4.21. The fourth-order valence-corrected chi connectivity index (χ4v) is 2.52. The van der Waals surface area contributed by atoms with Crippen LogP contribution in [0.15, 0.2) is 10.6 Å². The van der Waals surface area contributed by atoms with Crippen LogP contribution in [-0.4, -0.2) is 47.4 Å². The average Bonchev–Trinajstić information content (AvgIpc) is 2.98. The van der Waals surface area contributed by atoms with Crippen molar-refractivity contribution in [3.05, 3.63) is 17.5 Å². The van der Waals surface area contributed by atoms with E-state index in [1.54, 1.807) is 20.2 Å². The number of rotatable bonds is 5. The molecule has 0 aliphatic heterocycles. The summed E-state index contributed by atoms with van der Waals surface area (Å²) in [6, 6.07) is 1.57. The SMILES string of the molecule is COCc1cc(C(=O)N(C)CC2(O)CCCC2)no1. The van der Waals surface area contributed by atoms with Gasteiger partial charge in [0.15, 0.2) is 11.5 Å². The summed E-state index contributed by atoms with van der Waals surface area (Å²) in [5, 5.41) is 14.0. The number of hydrogen-bond acceptors (Lipinski definition) is 5. The van der Waals surface area contributed by atoms with Crippen LogP contribution in [-0.2, 0) is 11.3 Å². The van der Waals surface area contributed by atoms with Gasteiger partial charge < -0.3 is 19.3 Å². The van der Waals surface area contributed by atoms with Crippen LogP contribution in [0.1, 0.15) is 41.9 Å². The lowest BCUT2D eigenvalue weighted by molar-refractivity contribution is 0.0153. The van der Waals surface area contributed by atoms with Crippen LogP contribution >= 0.6 is 0 Å². The highest BCUT2D eigenvalue weighted by Gasteiger charge is 2.34. The first-order valence-electron chi connectivity index (χ1n) is 6.46. The van der Waals surface area contributed by atoms with E-state index in [1.165, 1.54) is 4.90 Å². The molecule has 1 aromatic rings. The van der Waals surface area contributed by atoms with Gasteiger partial charge in [0.25, 0.3) is 5.91 Å². The number of aliphatic hydroxyl groups is 1. The maximum absolute atomic E-state index is 12.1. The first-order valence-corrected chi connectivity index (χ1v) is 6.46. The van der Waals surface area contributed by atoms with Crippen molar-refractivity contribution >= 4 is 5.91 Å². The molecule has 0 aromatic carbocycles. The monoisotopic (exact) mass is 268 g/mol. The summed E-state index contributed by atoms with van der Waals surface area (Å²) in [5.41, 5.74) is -0.500. The molecule has 0 atom stereocenters. The molecular formula is C13H20N2O4. The molecule has 1 amide bonds. The second kappa shape index (κ2) is 5.71. The molecule has 1 aliphatic carbocycles. The number of likely N-dealkylation sites (N-methyl/N-ethyl adjacent to an activating group) is 1. The van der Waals surface area contributed by atoms with Crippen LogP contribution in [0.2, 0.25) is 0 Å². The van der Waals surface area contributed by atoms with Crippen molar-refractivity contribution in [2.45, 2.75) is 37.9 Å². The van der Waals surface area contributed by atoms with Gasteiger partial charge in [-0.05, 0) is 12.8 Å². The van der Waals surface area contributed by atoms with Crippen LogP contribution in [0.3, 0.4) is 0 Å². The van der Waals surface area contributed by atoms with E-state index in [0.29, 0.717) is 12.3 Å². The Hall–Kier alpha value is -1.40. The molecule has 0 bridgehead atoms. The zero-order valence-electron chi connectivity index (χ0n) is 11.4. The van der Waals surface area contributed by atoms with E-state index in [2.05, 4.69) is 5.16 Å². The fraction of sp³-hybridized carbons (Fsp3) is 0.692. The molecule has 1 fully saturated rings. The largest absolute Gasteiger partial charge is 0.388 e. The van der Waals surface area contributed by atoms with Gasteiger partial charge in [-0.1, -0.05) is 18.0 Å². The molecule has 2 rings (SSSR count). The van der Waals surface area contributed by atoms with Crippen molar-refractivity contribution in [3.63, 3.8) is 0 Å². The molecule has 6 nitrogen and oxygen atoms in total. The van der Waals surface area contributed by atoms with Crippen LogP contribution in [0.25, 0.3) is 0 Å². The van der Waals surface area contributed by atoms with Crippen molar-refractivity contribution in [1.82, 2.24) is 10.1 Å². The van der Waals surface area contributed by atoms with Crippen molar-refractivity contribution in [2.75, 3.05) is 20.7 Å². The lowest BCUT2D eigenvalue weighted by Gasteiger charge is -2.28. The molecule has 1 N–H and O–H groups in total. The Morgan fingerprint density at radius 3 is 2.89 bits per heavy atom. The van der Waals surface area contributed by atoms with Crippen molar-refractivity contribution in [1.29, 1.82) is 0 Å². The summed E-state index contributed by atoms with van der Waals surface area (Å²) in [4.78, 5) is 13.6. The number of aromatic nitrogens is 1. The molecule has 106 valence electrons. The molecule has 0 saturated heterocycles. The Balaban J connectivity index is 1.97. The summed E-state index contributed by atoms with van der Waals surface area (Å²) < 4.78 is 9.89. The zero-order valence-corrected chi connectivity index (χ0v) is 11.4. The molecule has 1 saturated carbocycles. The van der Waals surface area contributed by atoms with E-state index in [-0.39, 0.29) is 18.2 Å². The Morgan fingerprint density at radius 1 is 1.58 bits per heavy atom. The Morgan fingerprint density at radius 2 is 2.26 bits per heavy atom. The fourth-order valence-electron chi connectivity index (χ4n) is 2.52. The third kappa shape index (κ3) is 3.33. The standard InChI is InChI=1S/C13H20N2O4/c1-15(9-13(17)5-3-4-6-13)12(16)11-7-10(8-18-2)19-14-11/h7,17H,3-6,8-9H2,1-2H3. The third-order valence-electron chi connectivity index (χ3n) is 3.48. The van der Waals surface area contributed by atoms with Gasteiger partial charge in [0.1, 0.15) is 6.61 Å². The number of methoxy groups -OCH3 is 1. The van der Waals surface area contributed by atoms with Gasteiger partial charge in [-0.2, -0.15) is 0 Å². The topological polar surface area (TPSA) is 75.8 Å². The summed E-state index contributed by atoms with van der Waals surface area (Å²) in [6.45, 7) is 0.617. The molecule has 0 spiro atoms. The molecule has 19 heavy (non-hydrogen) atoms. The molecular weight excluding hydrogens is 248 g/mol. The maximum Gasteiger partial charge on any atom is 0.275 e. The number of amides is 1. The second-order valence-corrected chi connectivity index (χ2v) is 5.20. The highest BCUT2D eigenvalue weighted by atomic mass is 16.5. The normalized spacial score (nSPS) is 17.6. The molecule has 6 heteroatoms. The summed E-state index contributed by atoms with van der Waals surface area (Å²) in [5.74, 6) is 0.269. The summed E-state index contributed by atoms with van der Waals surface area (Å²) in [7, 11) is 3.22. The molecule has 0 radical (unpaired) electrons. The molecule has 0 unspecified atom stereocenters. The van der Waals surface area contributed by atoms with Gasteiger partial charge in [0.05, 0.1) is 5.60 Å². The van der Waals surface area contributed by atoms with E-state index in [0.717, 1.165) is 25.7 Å². The highest BCUT2D eigenvalue weighted by Crippen LogP contribution is 2.30. The van der Waals surface area contributed by atoms with Gasteiger partial charge in [0.2, 0.25) is 0 Å². The van der Waals surface area contributed by atoms with Gasteiger partial charge >= 0.3 is 0 Å². The van der Waals surface area contributed by atoms with Gasteiger partial charge in [0, 0.05) is 26.8 Å². The van der Waals surface area contributed by atoms with Crippen molar-refractivity contribution < 1.29 is 19.2 Å². The minimum Gasteiger partial charge on any atom is -0.388 e. The van der Waals surface area contributed by atoms with E-state index >= 15 is 0 Å². The van der Waals surface area contributed by atoms with E-state index in [1.807, 2.05) is 0 Å². The zero-order chi connectivity index (χ0) is 13.9. The first kappa shape index (κ1) is 14.0. The van der Waals surface area contributed by atoms with Crippen molar-refractivity contribution in [3.8, 4) is 0 Å². The number of ether oxygens (including phenoxy) is 1. The third-order valence-corrected chi connectivity index (χ3v) is 3.48. The minimum atomic E-state index is -0.747. The summed E-state index contributed by atoms with van der Waals surface area (Å²) in [6.07, 6.45) is 3.53. The van der Waals surface area contributed by atoms with Crippen LogP contribution in [0.5, 0.6) is 0 Å². The number of carbonyl (C=O) groups is 1. The predicted molar refractivity (Wildman–Crippen MR) is 67.6 cm³/mol. The minimum absolute atomic E-state index is 0.244. The molecule has 1 aliphatic rings. The van der Waals surface area contributed by atoms with Crippen LogP contribution in [0, 0.1) is 0 Å². The molecule has 1 aromatic heterocycles. The van der Waals surface area contributed by atoms with E-state index in [4.69, 9.17) is 9.26 Å². The number of carbonyl (C=O) groups excluding carboxylic acids is 1. The van der Waals surface area contributed by atoms with Crippen LogP contribution in [0.4, 0.5) is 0 Å². The van der Waals surface area contributed by atoms with Crippen LogP contribution < -0.4 is 0 Å². The Bertz CT molecular complexity index is 438. The average molecular weight is 268 g/mol. The van der Waals surface area contributed by atoms with Gasteiger partial charge in [-0.3, -0.25) is 4.79 Å². The molecule has 1 heterocycles.